The van der Waals surface area contributed by atoms with Gasteiger partial charge in [0.1, 0.15) is 5.82 Å². The second kappa shape index (κ2) is 6.07. The molecule has 0 aliphatic heterocycles. The molecule has 2 aromatic rings. The van der Waals surface area contributed by atoms with E-state index in [1.165, 1.54) is 0 Å². The Kier molecular flexibility index (Phi) is 4.66. The van der Waals surface area contributed by atoms with Gasteiger partial charge in [0, 0.05) is 17.1 Å². The van der Waals surface area contributed by atoms with E-state index in [-0.39, 0.29) is 10.7 Å². The minimum Gasteiger partial charge on any atom is -0.377 e. The van der Waals surface area contributed by atoms with E-state index in [1.54, 1.807) is 12.1 Å². The van der Waals surface area contributed by atoms with Crippen LogP contribution in [0.4, 0.5) is 14.5 Å². The molecule has 2 aromatic carbocycles. The molecule has 0 spiro atoms. The molecule has 0 fully saturated rings. The smallest absolute Gasteiger partial charge is 0.150 e. The van der Waals surface area contributed by atoms with Crippen LogP contribution in [0.1, 0.15) is 5.56 Å². The molecule has 0 heterocycles. The second-order valence-electron chi connectivity index (χ2n) is 3.85. The summed E-state index contributed by atoms with van der Waals surface area (Å²) in [7, 11) is 0. The summed E-state index contributed by atoms with van der Waals surface area (Å²) in [6, 6.07) is 7.18. The number of nitrogens with one attached hydrogen (secondary N) is 1. The third-order valence-corrected chi connectivity index (χ3v) is 3.97. The summed E-state index contributed by atoms with van der Waals surface area (Å²) in [5, 5.41) is 3.43. The number of hydrogen-bond donors (Lipinski definition) is 1. The van der Waals surface area contributed by atoms with Crippen molar-refractivity contribution in [2.75, 3.05) is 5.32 Å². The molecule has 1 nitrogen and oxygen atoms in total. The Morgan fingerprint density at radius 3 is 2.42 bits per heavy atom. The quantitative estimate of drug-likeness (QED) is 0.740. The van der Waals surface area contributed by atoms with E-state index in [9.17, 15) is 8.78 Å². The molecule has 1 N–H and O–H groups in total. The van der Waals surface area contributed by atoms with Gasteiger partial charge in [-0.05, 0) is 39.7 Å². The van der Waals surface area contributed by atoms with Gasteiger partial charge in [0.05, 0.1) is 15.7 Å². The molecular formula is C13H8BrCl2F2N. The average Bonchev–Trinajstić information content (AvgIpc) is 2.32. The van der Waals surface area contributed by atoms with Gasteiger partial charge < -0.3 is 5.32 Å². The molecule has 0 atom stereocenters. The third-order valence-electron chi connectivity index (χ3n) is 2.46. The summed E-state index contributed by atoms with van der Waals surface area (Å²) < 4.78 is 27.2. The third kappa shape index (κ3) is 3.59. The lowest BCUT2D eigenvalue weighted by molar-refractivity contribution is 0.585. The van der Waals surface area contributed by atoms with E-state index in [0.717, 1.165) is 22.2 Å². The van der Waals surface area contributed by atoms with Gasteiger partial charge in [-0.3, -0.25) is 0 Å². The largest absolute Gasteiger partial charge is 0.377 e. The first-order valence-corrected chi connectivity index (χ1v) is 6.84. The van der Waals surface area contributed by atoms with Crippen LogP contribution in [0.5, 0.6) is 0 Å². The Labute approximate surface area is 127 Å². The maximum Gasteiger partial charge on any atom is 0.150 e. The van der Waals surface area contributed by atoms with Crippen molar-refractivity contribution in [1.82, 2.24) is 0 Å². The molecule has 2 rings (SSSR count). The van der Waals surface area contributed by atoms with Gasteiger partial charge in [-0.15, -0.1) is 0 Å². The van der Waals surface area contributed by atoms with Crippen molar-refractivity contribution in [2.24, 2.45) is 0 Å². The van der Waals surface area contributed by atoms with Crippen LogP contribution in [0.2, 0.25) is 10.0 Å². The van der Waals surface area contributed by atoms with E-state index < -0.39 is 11.6 Å². The van der Waals surface area contributed by atoms with Gasteiger partial charge in [0.25, 0.3) is 0 Å². The fourth-order valence-electron chi connectivity index (χ4n) is 1.55. The Morgan fingerprint density at radius 1 is 1.05 bits per heavy atom. The van der Waals surface area contributed by atoms with Gasteiger partial charge in [-0.1, -0.05) is 29.3 Å². The monoisotopic (exact) mass is 365 g/mol. The van der Waals surface area contributed by atoms with E-state index >= 15 is 0 Å². The maximum absolute atomic E-state index is 13.5. The highest BCUT2D eigenvalue weighted by Gasteiger charge is 2.09. The van der Waals surface area contributed by atoms with Crippen molar-refractivity contribution < 1.29 is 8.78 Å². The lowest BCUT2D eigenvalue weighted by Gasteiger charge is -2.10. The minimum absolute atomic E-state index is 0.00512. The van der Waals surface area contributed by atoms with Gasteiger partial charge in [-0.2, -0.15) is 0 Å². The molecule has 100 valence electrons. The van der Waals surface area contributed by atoms with Crippen LogP contribution in [0, 0.1) is 11.6 Å². The zero-order valence-electron chi connectivity index (χ0n) is 9.48. The highest BCUT2D eigenvalue weighted by atomic mass is 79.9. The molecule has 0 unspecified atom stereocenters. The molecule has 19 heavy (non-hydrogen) atoms. The highest BCUT2D eigenvalue weighted by Crippen LogP contribution is 2.28. The van der Waals surface area contributed by atoms with Crippen molar-refractivity contribution in [2.45, 2.75) is 6.54 Å². The summed E-state index contributed by atoms with van der Waals surface area (Å²) >= 11 is 15.0. The maximum atomic E-state index is 13.5. The Morgan fingerprint density at radius 2 is 1.79 bits per heavy atom. The lowest BCUT2D eigenvalue weighted by atomic mass is 10.2. The number of hydrogen-bond acceptors (Lipinski definition) is 1. The zero-order chi connectivity index (χ0) is 14.0. The number of benzene rings is 2. The van der Waals surface area contributed by atoms with Crippen LogP contribution < -0.4 is 5.32 Å². The first-order chi connectivity index (χ1) is 8.97. The lowest BCUT2D eigenvalue weighted by Crippen LogP contribution is -2.02. The second-order valence-corrected chi connectivity index (χ2v) is 5.52. The number of halogens is 5. The Balaban J connectivity index is 2.16. The first-order valence-electron chi connectivity index (χ1n) is 5.29. The van der Waals surface area contributed by atoms with E-state index in [4.69, 9.17) is 23.2 Å². The predicted octanol–water partition coefficient (Wildman–Crippen LogP) is 5.65. The molecule has 0 saturated carbocycles. The Hall–Kier alpha value is -0.840. The SMILES string of the molecule is Fc1cc(F)c(NCc2ccc(Cl)c(Br)c2)c(Cl)c1. The van der Waals surface area contributed by atoms with Crippen molar-refractivity contribution >= 4 is 44.8 Å². The van der Waals surface area contributed by atoms with Crippen molar-refractivity contribution in [1.29, 1.82) is 0 Å². The fourth-order valence-corrected chi connectivity index (χ4v) is 2.36. The van der Waals surface area contributed by atoms with E-state index in [1.807, 2.05) is 6.07 Å². The van der Waals surface area contributed by atoms with E-state index in [0.29, 0.717) is 11.6 Å². The van der Waals surface area contributed by atoms with Crippen molar-refractivity contribution in [3.63, 3.8) is 0 Å². The Bertz CT molecular complexity index is 597. The molecule has 0 aromatic heterocycles. The molecule has 0 bridgehead atoms. The van der Waals surface area contributed by atoms with Gasteiger partial charge in [0.15, 0.2) is 5.82 Å². The van der Waals surface area contributed by atoms with Crippen LogP contribution in [0.15, 0.2) is 34.8 Å². The summed E-state index contributed by atoms with van der Waals surface area (Å²) in [5.41, 5.74) is 0.963. The van der Waals surface area contributed by atoms with Gasteiger partial charge in [0.2, 0.25) is 0 Å². The van der Waals surface area contributed by atoms with Gasteiger partial charge >= 0.3 is 0 Å². The average molecular weight is 367 g/mol. The van der Waals surface area contributed by atoms with Gasteiger partial charge in [-0.25, -0.2) is 8.78 Å². The summed E-state index contributed by atoms with van der Waals surface area (Å²) in [6.45, 7) is 0.345. The summed E-state index contributed by atoms with van der Waals surface area (Å²) in [5.74, 6) is -1.43. The molecule has 0 radical (unpaired) electrons. The molecular weight excluding hydrogens is 359 g/mol. The molecule has 0 saturated heterocycles. The topological polar surface area (TPSA) is 12.0 Å². The normalized spacial score (nSPS) is 10.6. The number of rotatable bonds is 3. The van der Waals surface area contributed by atoms with Crippen LogP contribution in [0.3, 0.4) is 0 Å². The predicted molar refractivity (Wildman–Crippen MR) is 77.8 cm³/mol. The first kappa shape index (κ1) is 14.6. The molecule has 0 amide bonds. The van der Waals surface area contributed by atoms with Crippen LogP contribution >= 0.6 is 39.1 Å². The minimum atomic E-state index is -0.724. The molecule has 6 heteroatoms. The zero-order valence-corrected chi connectivity index (χ0v) is 12.6. The van der Waals surface area contributed by atoms with Crippen LogP contribution in [0.25, 0.3) is 0 Å². The van der Waals surface area contributed by atoms with Crippen molar-refractivity contribution in [3.8, 4) is 0 Å². The summed E-state index contributed by atoms with van der Waals surface area (Å²) in [6.07, 6.45) is 0. The fraction of sp³-hybridized carbons (Fsp3) is 0.0769. The molecule has 0 aliphatic rings. The van der Waals surface area contributed by atoms with Crippen LogP contribution in [-0.4, -0.2) is 0 Å². The summed E-state index contributed by atoms with van der Waals surface area (Å²) in [4.78, 5) is 0. The number of anilines is 1. The van der Waals surface area contributed by atoms with E-state index in [2.05, 4.69) is 21.2 Å². The van der Waals surface area contributed by atoms with Crippen molar-refractivity contribution in [3.05, 3.63) is 62.0 Å². The standard InChI is InChI=1S/C13H8BrCl2F2N/c14-9-3-7(1-2-10(9)15)6-19-13-11(16)4-8(17)5-12(13)18/h1-5,19H,6H2. The van der Waals surface area contributed by atoms with Crippen LogP contribution in [-0.2, 0) is 6.54 Å². The molecule has 0 aliphatic carbocycles. The highest BCUT2D eigenvalue weighted by molar-refractivity contribution is 9.10.